The molecule has 0 aliphatic carbocycles. The van der Waals surface area contributed by atoms with Gasteiger partial charge in [0, 0.05) is 10.6 Å². The van der Waals surface area contributed by atoms with E-state index < -0.39 is 0 Å². The molecule has 0 aliphatic heterocycles. The van der Waals surface area contributed by atoms with Gasteiger partial charge in [0.05, 0.1) is 6.61 Å². The van der Waals surface area contributed by atoms with Crippen LogP contribution in [0.3, 0.4) is 0 Å². The summed E-state index contributed by atoms with van der Waals surface area (Å²) < 4.78 is 0. The zero-order valence-corrected chi connectivity index (χ0v) is 11.6. The zero-order chi connectivity index (χ0) is 13.0. The van der Waals surface area contributed by atoms with Crippen molar-refractivity contribution in [1.82, 2.24) is 0 Å². The summed E-state index contributed by atoms with van der Waals surface area (Å²) in [6, 6.07) is 14.7. The van der Waals surface area contributed by atoms with Crippen LogP contribution in [0.1, 0.15) is 22.3 Å². The first-order valence-corrected chi connectivity index (χ1v) is 7.07. The number of aryl methyl sites for hydroxylation is 2. The predicted octanol–water partition coefficient (Wildman–Crippen LogP) is 4.09. The van der Waals surface area contributed by atoms with Crippen molar-refractivity contribution in [3.8, 4) is 0 Å². The third-order valence-electron chi connectivity index (χ3n) is 3.03. The van der Waals surface area contributed by atoms with Crippen LogP contribution in [0.25, 0.3) is 0 Å². The molecule has 0 saturated heterocycles. The van der Waals surface area contributed by atoms with Gasteiger partial charge in [-0.2, -0.15) is 0 Å². The summed E-state index contributed by atoms with van der Waals surface area (Å²) in [6.07, 6.45) is 0. The van der Waals surface area contributed by atoms with Gasteiger partial charge in [0.25, 0.3) is 0 Å². The van der Waals surface area contributed by atoms with E-state index in [1.54, 1.807) is 11.8 Å². The van der Waals surface area contributed by atoms with Gasteiger partial charge in [-0.15, -0.1) is 11.8 Å². The molecule has 94 valence electrons. The van der Waals surface area contributed by atoms with Gasteiger partial charge in [0.15, 0.2) is 0 Å². The Morgan fingerprint density at radius 3 is 2.50 bits per heavy atom. The third-order valence-corrected chi connectivity index (χ3v) is 4.20. The lowest BCUT2D eigenvalue weighted by Crippen LogP contribution is -1.91. The maximum absolute atomic E-state index is 9.38. The van der Waals surface area contributed by atoms with Gasteiger partial charge in [-0.05, 0) is 36.6 Å². The predicted molar refractivity (Wildman–Crippen MR) is 77.8 cm³/mol. The average Bonchev–Trinajstić information content (AvgIpc) is 2.39. The summed E-state index contributed by atoms with van der Waals surface area (Å²) >= 11 is 1.79. The number of aliphatic hydroxyl groups is 1. The number of benzene rings is 2. The van der Waals surface area contributed by atoms with Crippen LogP contribution in [0.2, 0.25) is 0 Å². The molecule has 0 aromatic heterocycles. The molecule has 2 heteroatoms. The van der Waals surface area contributed by atoms with Gasteiger partial charge in [-0.1, -0.05) is 42.0 Å². The Morgan fingerprint density at radius 1 is 1.00 bits per heavy atom. The van der Waals surface area contributed by atoms with Gasteiger partial charge in [0.2, 0.25) is 0 Å². The topological polar surface area (TPSA) is 20.2 Å². The van der Waals surface area contributed by atoms with Crippen LogP contribution in [-0.4, -0.2) is 5.11 Å². The standard InChI is InChI=1S/C16H18OS/c1-12-7-8-16(15(9-12)10-17)18-11-14-6-4-3-5-13(14)2/h3-9,17H,10-11H2,1-2H3. The molecule has 2 aromatic rings. The maximum atomic E-state index is 9.38. The molecule has 0 unspecified atom stereocenters. The molecule has 1 N–H and O–H groups in total. The second-order valence-corrected chi connectivity index (χ2v) is 5.50. The molecule has 0 amide bonds. The van der Waals surface area contributed by atoms with E-state index >= 15 is 0 Å². The first-order chi connectivity index (χ1) is 8.70. The largest absolute Gasteiger partial charge is 0.392 e. The molecule has 2 aromatic carbocycles. The van der Waals surface area contributed by atoms with Crippen LogP contribution in [0.15, 0.2) is 47.4 Å². The number of aliphatic hydroxyl groups excluding tert-OH is 1. The van der Waals surface area contributed by atoms with Gasteiger partial charge >= 0.3 is 0 Å². The Kier molecular flexibility index (Phi) is 4.45. The molecule has 18 heavy (non-hydrogen) atoms. The van der Waals surface area contributed by atoms with E-state index in [0.29, 0.717) is 0 Å². The fourth-order valence-corrected chi connectivity index (χ4v) is 3.01. The molecule has 2 rings (SSSR count). The SMILES string of the molecule is Cc1ccc(SCc2ccccc2C)c(CO)c1. The van der Waals surface area contributed by atoms with Crippen molar-refractivity contribution in [3.63, 3.8) is 0 Å². The molecule has 0 aliphatic rings. The molecule has 0 heterocycles. The van der Waals surface area contributed by atoms with Crippen molar-refractivity contribution in [1.29, 1.82) is 0 Å². The van der Waals surface area contributed by atoms with Crippen LogP contribution >= 0.6 is 11.8 Å². The summed E-state index contributed by atoms with van der Waals surface area (Å²) in [6.45, 7) is 4.30. The quantitative estimate of drug-likeness (QED) is 0.834. The summed E-state index contributed by atoms with van der Waals surface area (Å²) in [5.74, 6) is 0.947. The zero-order valence-electron chi connectivity index (χ0n) is 10.8. The number of thioether (sulfide) groups is 1. The number of hydrogen-bond donors (Lipinski definition) is 1. The first kappa shape index (κ1) is 13.2. The molecule has 0 saturated carbocycles. The maximum Gasteiger partial charge on any atom is 0.0692 e. The van der Waals surface area contributed by atoms with E-state index in [0.717, 1.165) is 11.3 Å². The van der Waals surface area contributed by atoms with E-state index in [9.17, 15) is 5.11 Å². The molecule has 0 bridgehead atoms. The normalized spacial score (nSPS) is 10.6. The summed E-state index contributed by atoms with van der Waals surface area (Å²) in [5.41, 5.74) is 4.89. The number of hydrogen-bond acceptors (Lipinski definition) is 2. The van der Waals surface area contributed by atoms with Crippen molar-refractivity contribution in [2.75, 3.05) is 0 Å². The fourth-order valence-electron chi connectivity index (χ4n) is 1.90. The smallest absolute Gasteiger partial charge is 0.0692 e. The molecule has 0 radical (unpaired) electrons. The molecular formula is C16H18OS. The second kappa shape index (κ2) is 6.07. The van der Waals surface area contributed by atoms with Gasteiger partial charge in [-0.25, -0.2) is 0 Å². The molecule has 0 atom stereocenters. The first-order valence-electron chi connectivity index (χ1n) is 6.08. The van der Waals surface area contributed by atoms with Crippen LogP contribution in [0.5, 0.6) is 0 Å². The van der Waals surface area contributed by atoms with E-state index in [4.69, 9.17) is 0 Å². The van der Waals surface area contributed by atoms with Gasteiger partial charge in [0.1, 0.15) is 0 Å². The monoisotopic (exact) mass is 258 g/mol. The van der Waals surface area contributed by atoms with Crippen LogP contribution in [0, 0.1) is 13.8 Å². The van der Waals surface area contributed by atoms with E-state index in [2.05, 4.69) is 56.3 Å². The Morgan fingerprint density at radius 2 is 1.78 bits per heavy atom. The fraction of sp³-hybridized carbons (Fsp3) is 0.250. The van der Waals surface area contributed by atoms with Crippen LogP contribution in [0.4, 0.5) is 0 Å². The summed E-state index contributed by atoms with van der Waals surface area (Å²) in [7, 11) is 0. The van der Waals surface area contributed by atoms with E-state index in [-0.39, 0.29) is 6.61 Å². The molecule has 0 fully saturated rings. The van der Waals surface area contributed by atoms with E-state index in [1.165, 1.54) is 21.6 Å². The molecular weight excluding hydrogens is 240 g/mol. The summed E-state index contributed by atoms with van der Waals surface area (Å²) in [4.78, 5) is 1.17. The molecule has 0 spiro atoms. The third kappa shape index (κ3) is 3.15. The Labute approximate surface area is 113 Å². The Bertz CT molecular complexity index is 534. The van der Waals surface area contributed by atoms with Crippen LogP contribution < -0.4 is 0 Å². The van der Waals surface area contributed by atoms with Gasteiger partial charge in [-0.3, -0.25) is 0 Å². The van der Waals surface area contributed by atoms with Crippen molar-refractivity contribution in [2.45, 2.75) is 31.1 Å². The van der Waals surface area contributed by atoms with E-state index in [1.807, 2.05) is 0 Å². The highest BCUT2D eigenvalue weighted by atomic mass is 32.2. The lowest BCUT2D eigenvalue weighted by atomic mass is 10.1. The van der Waals surface area contributed by atoms with Crippen LogP contribution in [-0.2, 0) is 12.4 Å². The average molecular weight is 258 g/mol. The highest BCUT2D eigenvalue weighted by molar-refractivity contribution is 7.98. The highest BCUT2D eigenvalue weighted by Gasteiger charge is 2.04. The van der Waals surface area contributed by atoms with Crippen molar-refractivity contribution < 1.29 is 5.11 Å². The minimum absolute atomic E-state index is 0.109. The minimum atomic E-state index is 0.109. The van der Waals surface area contributed by atoms with Crippen molar-refractivity contribution >= 4 is 11.8 Å². The minimum Gasteiger partial charge on any atom is -0.392 e. The lowest BCUT2D eigenvalue weighted by Gasteiger charge is -2.09. The Balaban J connectivity index is 2.13. The van der Waals surface area contributed by atoms with Gasteiger partial charge < -0.3 is 5.11 Å². The molecule has 1 nitrogen and oxygen atoms in total. The summed E-state index contributed by atoms with van der Waals surface area (Å²) in [5, 5.41) is 9.38. The highest BCUT2D eigenvalue weighted by Crippen LogP contribution is 2.28. The lowest BCUT2D eigenvalue weighted by molar-refractivity contribution is 0.279. The second-order valence-electron chi connectivity index (χ2n) is 4.48. The van der Waals surface area contributed by atoms with Crippen molar-refractivity contribution in [3.05, 3.63) is 64.7 Å². The Hall–Kier alpha value is -1.25. The number of rotatable bonds is 4. The van der Waals surface area contributed by atoms with Crippen molar-refractivity contribution in [2.24, 2.45) is 0 Å².